The van der Waals surface area contributed by atoms with E-state index >= 15 is 0 Å². The van der Waals surface area contributed by atoms with E-state index in [9.17, 15) is 0 Å². The highest BCUT2D eigenvalue weighted by atomic mass is 14.9. The minimum absolute atomic E-state index is 0.844. The van der Waals surface area contributed by atoms with Crippen LogP contribution in [0.5, 0.6) is 0 Å². The normalized spacial score (nSPS) is 10.1. The van der Waals surface area contributed by atoms with Gasteiger partial charge in [-0.1, -0.05) is 6.92 Å². The van der Waals surface area contributed by atoms with Gasteiger partial charge in [0.1, 0.15) is 0 Å². The zero-order valence-corrected chi connectivity index (χ0v) is 8.65. The molecule has 0 aliphatic rings. The lowest BCUT2D eigenvalue weighted by molar-refractivity contribution is 0.975. The monoisotopic (exact) mass is 178 g/mol. The molecule has 3 N–H and O–H groups in total. The molecule has 0 aliphatic carbocycles. The molecule has 0 aromatic heterocycles. The van der Waals surface area contributed by atoms with Crippen LogP contribution in [0.3, 0.4) is 0 Å². The lowest BCUT2D eigenvalue weighted by Gasteiger charge is -2.12. The average Bonchev–Trinajstić information content (AvgIpc) is 2.02. The van der Waals surface area contributed by atoms with E-state index in [1.807, 2.05) is 12.1 Å². The van der Waals surface area contributed by atoms with E-state index in [4.69, 9.17) is 5.73 Å². The Morgan fingerprint density at radius 1 is 1.23 bits per heavy atom. The summed E-state index contributed by atoms with van der Waals surface area (Å²) in [5.74, 6) is 0. The summed E-state index contributed by atoms with van der Waals surface area (Å²) in [4.78, 5) is 0. The van der Waals surface area contributed by atoms with Crippen molar-refractivity contribution in [2.24, 2.45) is 0 Å². The first-order valence-corrected chi connectivity index (χ1v) is 4.75. The molecule has 0 radical (unpaired) electrons. The summed E-state index contributed by atoms with van der Waals surface area (Å²) in [5.41, 5.74) is 10.3. The molecule has 0 atom stereocenters. The highest BCUT2D eigenvalue weighted by Gasteiger charge is 2.01. The number of nitrogens with two attached hydrogens (primary N) is 1. The molecule has 0 unspecified atom stereocenters. The fourth-order valence-electron chi connectivity index (χ4n) is 1.53. The van der Waals surface area contributed by atoms with Gasteiger partial charge in [-0.05, 0) is 43.5 Å². The highest BCUT2D eigenvalue weighted by Crippen LogP contribution is 2.22. The maximum Gasteiger partial charge on any atom is 0.0401 e. The number of benzene rings is 1. The van der Waals surface area contributed by atoms with Gasteiger partial charge in [0.2, 0.25) is 0 Å². The minimum Gasteiger partial charge on any atom is -0.399 e. The zero-order chi connectivity index (χ0) is 9.84. The standard InChI is InChI=1S/C11H18N2/c1-4-5-13-11-8(2)6-10(12)7-9(11)3/h6-7,13H,4-5,12H2,1-3H3. The van der Waals surface area contributed by atoms with Gasteiger partial charge in [0.15, 0.2) is 0 Å². The molecule has 2 nitrogen and oxygen atoms in total. The number of rotatable bonds is 3. The fraction of sp³-hybridized carbons (Fsp3) is 0.455. The Labute approximate surface area is 80.1 Å². The van der Waals surface area contributed by atoms with Crippen LogP contribution in [0, 0.1) is 13.8 Å². The third-order valence-corrected chi connectivity index (χ3v) is 2.11. The second-order valence-electron chi connectivity index (χ2n) is 3.46. The van der Waals surface area contributed by atoms with Crippen molar-refractivity contribution >= 4 is 11.4 Å². The van der Waals surface area contributed by atoms with Crippen LogP contribution in [0.4, 0.5) is 11.4 Å². The zero-order valence-electron chi connectivity index (χ0n) is 8.65. The molecular weight excluding hydrogens is 160 g/mol. The Balaban J connectivity index is 2.92. The largest absolute Gasteiger partial charge is 0.399 e. The SMILES string of the molecule is CCCNc1c(C)cc(N)cc1C. The first-order chi connectivity index (χ1) is 6.15. The molecule has 1 rings (SSSR count). The van der Waals surface area contributed by atoms with Gasteiger partial charge < -0.3 is 11.1 Å². The van der Waals surface area contributed by atoms with Crippen molar-refractivity contribution in [2.45, 2.75) is 27.2 Å². The van der Waals surface area contributed by atoms with E-state index in [0.29, 0.717) is 0 Å². The van der Waals surface area contributed by atoms with Crippen LogP contribution in [-0.4, -0.2) is 6.54 Å². The van der Waals surface area contributed by atoms with Crippen molar-refractivity contribution in [2.75, 3.05) is 17.6 Å². The van der Waals surface area contributed by atoms with E-state index in [2.05, 4.69) is 26.1 Å². The van der Waals surface area contributed by atoms with Crippen molar-refractivity contribution in [1.82, 2.24) is 0 Å². The summed E-state index contributed by atoms with van der Waals surface area (Å²) in [6, 6.07) is 4.01. The van der Waals surface area contributed by atoms with E-state index < -0.39 is 0 Å². The molecule has 13 heavy (non-hydrogen) atoms. The number of anilines is 2. The van der Waals surface area contributed by atoms with Crippen LogP contribution in [0.1, 0.15) is 24.5 Å². The molecule has 1 aromatic carbocycles. The van der Waals surface area contributed by atoms with Crippen LogP contribution in [-0.2, 0) is 0 Å². The molecule has 0 aliphatic heterocycles. The number of nitrogen functional groups attached to an aromatic ring is 1. The molecule has 1 aromatic rings. The number of nitrogens with one attached hydrogen (secondary N) is 1. The second-order valence-corrected chi connectivity index (χ2v) is 3.46. The molecule has 0 saturated carbocycles. The maximum atomic E-state index is 5.73. The van der Waals surface area contributed by atoms with Gasteiger partial charge in [-0.15, -0.1) is 0 Å². The van der Waals surface area contributed by atoms with Crippen molar-refractivity contribution in [1.29, 1.82) is 0 Å². The van der Waals surface area contributed by atoms with Gasteiger partial charge in [-0.2, -0.15) is 0 Å². The molecule has 0 saturated heterocycles. The van der Waals surface area contributed by atoms with Gasteiger partial charge in [0, 0.05) is 17.9 Å². The highest BCUT2D eigenvalue weighted by molar-refractivity contribution is 5.62. The van der Waals surface area contributed by atoms with E-state index in [0.717, 1.165) is 18.7 Å². The minimum atomic E-state index is 0.844. The topological polar surface area (TPSA) is 38.0 Å². The summed E-state index contributed by atoms with van der Waals surface area (Å²) in [6.07, 6.45) is 1.14. The van der Waals surface area contributed by atoms with E-state index in [1.54, 1.807) is 0 Å². The van der Waals surface area contributed by atoms with Gasteiger partial charge >= 0.3 is 0 Å². The maximum absolute atomic E-state index is 5.73. The third kappa shape index (κ3) is 2.38. The average molecular weight is 178 g/mol. The third-order valence-electron chi connectivity index (χ3n) is 2.11. The predicted molar refractivity (Wildman–Crippen MR) is 59.1 cm³/mol. The first kappa shape index (κ1) is 9.90. The van der Waals surface area contributed by atoms with Crippen LogP contribution < -0.4 is 11.1 Å². The Morgan fingerprint density at radius 2 is 1.77 bits per heavy atom. The first-order valence-electron chi connectivity index (χ1n) is 4.75. The number of hydrogen-bond donors (Lipinski definition) is 2. The van der Waals surface area contributed by atoms with Crippen molar-refractivity contribution in [3.8, 4) is 0 Å². The van der Waals surface area contributed by atoms with Gasteiger partial charge in [-0.25, -0.2) is 0 Å². The molecule has 2 heteroatoms. The van der Waals surface area contributed by atoms with Crippen molar-refractivity contribution < 1.29 is 0 Å². The van der Waals surface area contributed by atoms with Crippen molar-refractivity contribution in [3.63, 3.8) is 0 Å². The Bertz CT molecular complexity index is 269. The summed E-state index contributed by atoms with van der Waals surface area (Å²) in [5, 5.41) is 3.40. The van der Waals surface area contributed by atoms with E-state index in [1.165, 1.54) is 16.8 Å². The van der Waals surface area contributed by atoms with Gasteiger partial charge in [0.25, 0.3) is 0 Å². The van der Waals surface area contributed by atoms with Crippen LogP contribution >= 0.6 is 0 Å². The molecule has 72 valence electrons. The second kappa shape index (κ2) is 4.17. The summed E-state index contributed by atoms with van der Waals surface area (Å²) in [7, 11) is 0. The van der Waals surface area contributed by atoms with Crippen LogP contribution in [0.15, 0.2) is 12.1 Å². The number of aryl methyl sites for hydroxylation is 2. The predicted octanol–water partition coefficient (Wildman–Crippen LogP) is 2.71. The molecule has 0 spiro atoms. The summed E-state index contributed by atoms with van der Waals surface area (Å²) in [6.45, 7) is 7.35. The summed E-state index contributed by atoms with van der Waals surface area (Å²) < 4.78 is 0. The Kier molecular flexibility index (Phi) is 3.18. The lowest BCUT2D eigenvalue weighted by atomic mass is 10.1. The Morgan fingerprint density at radius 3 is 2.23 bits per heavy atom. The summed E-state index contributed by atoms with van der Waals surface area (Å²) >= 11 is 0. The lowest BCUT2D eigenvalue weighted by Crippen LogP contribution is -2.04. The molecule has 0 heterocycles. The smallest absolute Gasteiger partial charge is 0.0401 e. The number of hydrogen-bond acceptors (Lipinski definition) is 2. The van der Waals surface area contributed by atoms with Gasteiger partial charge in [-0.3, -0.25) is 0 Å². The molecule has 0 bridgehead atoms. The quantitative estimate of drug-likeness (QED) is 0.698. The van der Waals surface area contributed by atoms with Gasteiger partial charge in [0.05, 0.1) is 0 Å². The van der Waals surface area contributed by atoms with Crippen LogP contribution in [0.25, 0.3) is 0 Å². The molecule has 0 fully saturated rings. The van der Waals surface area contributed by atoms with Crippen LogP contribution in [0.2, 0.25) is 0 Å². The van der Waals surface area contributed by atoms with Crippen molar-refractivity contribution in [3.05, 3.63) is 23.3 Å². The molecular formula is C11H18N2. The Hall–Kier alpha value is -1.18. The van der Waals surface area contributed by atoms with E-state index in [-0.39, 0.29) is 0 Å². The molecule has 0 amide bonds. The fourth-order valence-corrected chi connectivity index (χ4v) is 1.53.